The van der Waals surface area contributed by atoms with Crippen LogP contribution in [0.2, 0.25) is 0 Å². The van der Waals surface area contributed by atoms with Crippen LogP contribution in [0.3, 0.4) is 0 Å². The molecule has 6 heteroatoms. The van der Waals surface area contributed by atoms with Crippen LogP contribution >= 0.6 is 0 Å². The summed E-state index contributed by atoms with van der Waals surface area (Å²) < 4.78 is 28.6. The molecule has 5 nitrogen and oxygen atoms in total. The van der Waals surface area contributed by atoms with Gasteiger partial charge in [0.1, 0.15) is 7.19 Å². The van der Waals surface area contributed by atoms with Crippen LogP contribution in [0.1, 0.15) is 92.9 Å². The van der Waals surface area contributed by atoms with Crippen molar-refractivity contribution in [2.24, 2.45) is 0 Å². The average Bonchev–Trinajstić information content (AvgIpc) is 3.98. The molecule has 0 N–H and O–H groups in total. The Morgan fingerprint density at radius 1 is 0.609 bits per heavy atom. The van der Waals surface area contributed by atoms with Gasteiger partial charge >= 0.3 is 0 Å². The second-order valence-corrected chi connectivity index (χ2v) is 21.3. The first-order valence-electron chi connectivity index (χ1n) is 24.6. The largest absolute Gasteiger partial charge is 0.463 e. The number of hydrogen-bond acceptors (Lipinski definition) is 2. The van der Waals surface area contributed by atoms with Crippen LogP contribution in [-0.4, -0.2) is 14.1 Å². The third-order valence-corrected chi connectivity index (χ3v) is 13.4. The smallest absolute Gasteiger partial charge is 0.268 e. The Kier molecular flexibility index (Phi) is 10.9. The SMILES string of the molecule is [2H]c1oc2cnc(-n3c4[c-]c(Cc5[c-]c(-n6[c-][n+](-c7c(-c8ccc(C(C)(C)C)cc8)cc(C(C)(C)C)cc7-c7cccc(C(C)(C)C)c7)c7ccccc76)ccc5)ccc4c4ccccc43)cc2c1[2H].[Pt]. The van der Waals surface area contributed by atoms with Gasteiger partial charge in [-0.3, -0.25) is 4.57 Å². The van der Waals surface area contributed by atoms with E-state index in [0.29, 0.717) is 23.2 Å². The summed E-state index contributed by atoms with van der Waals surface area (Å²) in [6, 6.07) is 60.1. The number of hydrogen-bond donors (Lipinski definition) is 0. The van der Waals surface area contributed by atoms with E-state index in [4.69, 9.17) is 12.1 Å². The zero-order valence-electron chi connectivity index (χ0n) is 42.7. The Balaban J connectivity index is 0.00000582. The molecule has 69 heavy (non-hydrogen) atoms. The maximum absolute atomic E-state index is 8.48. The molecule has 0 amide bonds. The van der Waals surface area contributed by atoms with Crippen molar-refractivity contribution in [3.63, 3.8) is 0 Å². The summed E-state index contributed by atoms with van der Waals surface area (Å²) in [6.45, 7) is 20.5. The van der Waals surface area contributed by atoms with E-state index >= 15 is 0 Å². The van der Waals surface area contributed by atoms with E-state index in [1.165, 1.54) is 22.3 Å². The summed E-state index contributed by atoms with van der Waals surface area (Å²) in [5.41, 5.74) is 16.7. The van der Waals surface area contributed by atoms with Crippen molar-refractivity contribution in [2.75, 3.05) is 0 Å². The van der Waals surface area contributed by atoms with Gasteiger partial charge in [0.25, 0.3) is 6.33 Å². The number of pyridine rings is 1. The van der Waals surface area contributed by atoms with Gasteiger partial charge in [-0.25, -0.2) is 4.98 Å². The van der Waals surface area contributed by atoms with Crippen molar-refractivity contribution in [1.82, 2.24) is 14.1 Å². The Bertz CT molecular complexity index is 3840. The third kappa shape index (κ3) is 8.46. The van der Waals surface area contributed by atoms with Crippen LogP contribution < -0.4 is 4.57 Å². The number of para-hydroxylation sites is 3. The Hall–Kier alpha value is -6.81. The molecule has 346 valence electrons. The van der Waals surface area contributed by atoms with Gasteiger partial charge in [0.05, 0.1) is 30.5 Å². The Morgan fingerprint density at radius 3 is 2.04 bits per heavy atom. The molecule has 0 bridgehead atoms. The number of imidazole rings is 1. The summed E-state index contributed by atoms with van der Waals surface area (Å²) in [5.74, 6) is 0.640. The van der Waals surface area contributed by atoms with E-state index < -0.39 is 0 Å². The van der Waals surface area contributed by atoms with E-state index in [0.717, 1.165) is 72.0 Å². The zero-order valence-corrected chi connectivity index (χ0v) is 42.9. The molecular formula is C63H56N4OPt-2. The predicted molar refractivity (Wildman–Crippen MR) is 279 cm³/mol. The summed E-state index contributed by atoms with van der Waals surface area (Å²) >= 11 is 0. The first-order chi connectivity index (χ1) is 33.4. The molecular weight excluding hydrogens is 1020 g/mol. The molecule has 7 aromatic carbocycles. The van der Waals surface area contributed by atoms with Gasteiger partial charge in [-0.2, -0.15) is 53.6 Å². The number of aromatic nitrogens is 4. The topological polar surface area (TPSA) is 39.8 Å². The van der Waals surface area contributed by atoms with Crippen LogP contribution in [0.15, 0.2) is 168 Å². The minimum absolute atomic E-state index is 0. The second-order valence-electron chi connectivity index (χ2n) is 21.3. The molecule has 0 fully saturated rings. The fraction of sp³-hybridized carbons (Fsp3) is 0.206. The van der Waals surface area contributed by atoms with Gasteiger partial charge in [-0.05, 0) is 90.9 Å². The zero-order chi connectivity index (χ0) is 48.9. The van der Waals surface area contributed by atoms with Crippen molar-refractivity contribution >= 4 is 43.8 Å². The summed E-state index contributed by atoms with van der Waals surface area (Å²) in [7, 11) is 0. The van der Waals surface area contributed by atoms with Gasteiger partial charge in [0.15, 0.2) is 5.58 Å². The molecule has 0 spiro atoms. The number of nitrogens with zero attached hydrogens (tertiary/aromatic N) is 4. The molecule has 11 aromatic rings. The normalized spacial score (nSPS) is 12.8. The van der Waals surface area contributed by atoms with E-state index in [9.17, 15) is 0 Å². The van der Waals surface area contributed by atoms with Crippen molar-refractivity contribution < 1.29 is 32.8 Å². The minimum Gasteiger partial charge on any atom is -0.463 e. The van der Waals surface area contributed by atoms with Gasteiger partial charge in [0.2, 0.25) is 0 Å². The monoisotopic (exact) mass is 1080 g/mol. The van der Waals surface area contributed by atoms with E-state index in [1.807, 2.05) is 18.2 Å². The van der Waals surface area contributed by atoms with Crippen LogP contribution in [0.25, 0.3) is 83.3 Å². The Labute approximate surface area is 423 Å². The maximum Gasteiger partial charge on any atom is 0.268 e. The first-order valence-corrected chi connectivity index (χ1v) is 23.6. The standard InChI is InChI=1S/C63H56N4O.Pt/c1-61(2,3)46-27-25-43(26-28-46)52-37-48(63(7,8)9)38-53(44-17-15-18-47(35-44)62(4,5)6)60(52)66-40-65(55-22-12-13-23-56(55)66)49-19-14-16-41(33-49)32-42-24-29-51-50-20-10-11-21-54(50)67(57(51)34-42)59-36-45-30-31-68-58(45)39-64-59;/h10-31,35-39H,32H2,1-9H3;/q-2;/i30D,31D;. The van der Waals surface area contributed by atoms with Crippen LogP contribution in [0.4, 0.5) is 0 Å². The summed E-state index contributed by atoms with van der Waals surface area (Å²) in [6.07, 6.45) is 5.94. The molecule has 4 aromatic heterocycles. The van der Waals surface area contributed by atoms with Crippen molar-refractivity contribution in [3.8, 4) is 39.4 Å². The second kappa shape index (κ2) is 17.3. The van der Waals surface area contributed by atoms with Crippen molar-refractivity contribution in [1.29, 1.82) is 0 Å². The maximum atomic E-state index is 8.48. The predicted octanol–water partition coefficient (Wildman–Crippen LogP) is 15.4. The first kappa shape index (κ1) is 43.5. The average molecular weight is 1080 g/mol. The third-order valence-electron chi connectivity index (χ3n) is 13.4. The molecule has 0 atom stereocenters. The molecule has 0 aliphatic carbocycles. The fourth-order valence-corrected chi connectivity index (χ4v) is 9.54. The molecule has 0 saturated carbocycles. The van der Waals surface area contributed by atoms with Gasteiger partial charge in [-0.1, -0.05) is 171 Å². The van der Waals surface area contributed by atoms with Crippen LogP contribution in [-0.2, 0) is 43.7 Å². The van der Waals surface area contributed by atoms with Crippen molar-refractivity contribution in [2.45, 2.75) is 85.0 Å². The number of rotatable bonds is 7. The molecule has 0 aliphatic heterocycles. The van der Waals surface area contributed by atoms with Crippen molar-refractivity contribution in [3.05, 3.63) is 210 Å². The molecule has 0 aliphatic rings. The van der Waals surface area contributed by atoms with Gasteiger partial charge in [-0.15, -0.1) is 5.39 Å². The molecule has 11 rings (SSSR count). The minimum atomic E-state index is -0.170. The number of fused-ring (bicyclic) bond motifs is 5. The summed E-state index contributed by atoms with van der Waals surface area (Å²) in [5, 5.41) is 2.70. The fourth-order valence-electron chi connectivity index (χ4n) is 9.54. The van der Waals surface area contributed by atoms with Gasteiger partial charge < -0.3 is 13.6 Å². The number of furan rings is 1. The van der Waals surface area contributed by atoms with Crippen LogP contribution in [0, 0.1) is 18.5 Å². The molecule has 0 saturated heterocycles. The van der Waals surface area contributed by atoms with E-state index in [-0.39, 0.29) is 49.6 Å². The number of benzene rings is 7. The van der Waals surface area contributed by atoms with Crippen LogP contribution in [0.5, 0.6) is 0 Å². The summed E-state index contributed by atoms with van der Waals surface area (Å²) in [4.78, 5) is 4.77. The molecule has 4 heterocycles. The van der Waals surface area contributed by atoms with E-state index in [2.05, 4.69) is 222 Å². The Morgan fingerprint density at radius 2 is 1.29 bits per heavy atom. The molecule has 0 unspecified atom stereocenters. The van der Waals surface area contributed by atoms with E-state index in [1.54, 1.807) is 6.20 Å². The van der Waals surface area contributed by atoms with Gasteiger partial charge in [0, 0.05) is 32.0 Å². The quantitative estimate of drug-likeness (QED) is 0.118. The molecule has 0 radical (unpaired) electrons.